The van der Waals surface area contributed by atoms with E-state index in [1.807, 2.05) is 13.0 Å². The molecule has 2 aromatic rings. The van der Waals surface area contributed by atoms with Gasteiger partial charge in [-0.2, -0.15) is 0 Å². The number of hydrogen-bond donors (Lipinski definition) is 1. The number of nitrogens with zero attached hydrogens (tertiary/aromatic N) is 3. The van der Waals surface area contributed by atoms with Crippen LogP contribution in [0.2, 0.25) is 10.0 Å². The number of halogens is 2. The number of aromatic nitrogens is 2. The maximum atomic E-state index is 12.0. The minimum absolute atomic E-state index is 0.259. The molecule has 1 aromatic heterocycles. The Kier molecular flexibility index (Phi) is 4.47. The summed E-state index contributed by atoms with van der Waals surface area (Å²) in [5, 5.41) is 10.3. The number of amides is 1. The van der Waals surface area contributed by atoms with Gasteiger partial charge in [0.2, 0.25) is 5.91 Å². The molecule has 0 atom stereocenters. The van der Waals surface area contributed by atoms with E-state index in [9.17, 15) is 9.90 Å². The monoisotopic (exact) mass is 389 g/mol. The molecule has 0 radical (unpaired) electrons. The first kappa shape index (κ1) is 17.5. The average molecular weight is 390 g/mol. The zero-order chi connectivity index (χ0) is 18.4. The van der Waals surface area contributed by atoms with E-state index in [4.69, 9.17) is 23.2 Å². The zero-order valence-corrected chi connectivity index (χ0v) is 15.7. The van der Waals surface area contributed by atoms with E-state index in [2.05, 4.69) is 9.97 Å². The van der Waals surface area contributed by atoms with Crippen LogP contribution in [-0.4, -0.2) is 45.6 Å². The van der Waals surface area contributed by atoms with E-state index in [-0.39, 0.29) is 5.91 Å². The lowest BCUT2D eigenvalue weighted by Crippen LogP contribution is -2.37. The van der Waals surface area contributed by atoms with Crippen molar-refractivity contribution in [3.05, 3.63) is 51.0 Å². The summed E-state index contributed by atoms with van der Waals surface area (Å²) in [7, 11) is 0. The minimum atomic E-state index is -0.477. The normalized spacial score (nSPS) is 15.9. The molecular weight excluding hydrogens is 373 g/mol. The van der Waals surface area contributed by atoms with Crippen molar-refractivity contribution in [3.63, 3.8) is 0 Å². The Morgan fingerprint density at radius 1 is 1.31 bits per heavy atom. The van der Waals surface area contributed by atoms with Crippen LogP contribution in [0.25, 0.3) is 16.7 Å². The average Bonchev–Trinajstić information content (AvgIpc) is 3.04. The first-order chi connectivity index (χ1) is 12.5. The molecule has 4 rings (SSSR count). The van der Waals surface area contributed by atoms with E-state index in [0.717, 1.165) is 40.7 Å². The highest BCUT2D eigenvalue weighted by atomic mass is 35.5. The molecule has 26 heavy (non-hydrogen) atoms. The second-order valence-electron chi connectivity index (χ2n) is 6.57. The molecule has 1 aliphatic heterocycles. The minimum Gasteiger partial charge on any atom is -0.387 e. The van der Waals surface area contributed by atoms with Gasteiger partial charge in [0.1, 0.15) is 12.4 Å². The van der Waals surface area contributed by atoms with Gasteiger partial charge in [-0.1, -0.05) is 28.8 Å². The van der Waals surface area contributed by atoms with Gasteiger partial charge in [-0.05, 0) is 48.1 Å². The second kappa shape index (κ2) is 6.65. The third-order valence-electron chi connectivity index (χ3n) is 5.05. The maximum absolute atomic E-state index is 12.0. The van der Waals surface area contributed by atoms with E-state index in [0.29, 0.717) is 29.0 Å². The lowest BCUT2D eigenvalue weighted by molar-refractivity contribution is -0.133. The maximum Gasteiger partial charge on any atom is 0.248 e. The number of benzene rings is 1. The largest absolute Gasteiger partial charge is 0.387 e. The number of aliphatic hydroxyl groups is 1. The van der Waals surface area contributed by atoms with Crippen LogP contribution in [0.5, 0.6) is 0 Å². The fourth-order valence-electron chi connectivity index (χ4n) is 3.73. The Morgan fingerprint density at radius 3 is 2.73 bits per heavy atom. The highest BCUT2D eigenvalue weighted by Gasteiger charge is 2.33. The predicted molar refractivity (Wildman–Crippen MR) is 101 cm³/mol. The lowest BCUT2D eigenvalue weighted by atomic mass is 9.93. The summed E-state index contributed by atoms with van der Waals surface area (Å²) in [4.78, 5) is 22.2. The highest BCUT2D eigenvalue weighted by molar-refractivity contribution is 6.43. The summed E-state index contributed by atoms with van der Waals surface area (Å²) < 4.78 is 0. The Bertz CT molecular complexity index is 939. The predicted octanol–water partition coefficient (Wildman–Crippen LogP) is 3.29. The van der Waals surface area contributed by atoms with Gasteiger partial charge < -0.3 is 10.0 Å². The van der Waals surface area contributed by atoms with Crippen molar-refractivity contribution in [1.29, 1.82) is 0 Å². The molecule has 0 spiro atoms. The van der Waals surface area contributed by atoms with Gasteiger partial charge in [-0.25, -0.2) is 9.97 Å². The van der Waals surface area contributed by atoms with Crippen molar-refractivity contribution in [2.75, 3.05) is 19.7 Å². The van der Waals surface area contributed by atoms with Crippen LogP contribution in [0.4, 0.5) is 0 Å². The van der Waals surface area contributed by atoms with Gasteiger partial charge in [0.15, 0.2) is 0 Å². The van der Waals surface area contributed by atoms with Gasteiger partial charge >= 0.3 is 0 Å². The molecule has 0 bridgehead atoms. The number of carbonyl (C=O) groups is 1. The number of aliphatic hydroxyl groups excluding tert-OH is 1. The molecule has 1 N–H and O–H groups in total. The molecular formula is C19H17Cl2N3O2. The van der Waals surface area contributed by atoms with Gasteiger partial charge in [0.05, 0.1) is 10.0 Å². The summed E-state index contributed by atoms with van der Waals surface area (Å²) in [6.45, 7) is 2.44. The number of carbonyl (C=O) groups excluding carboxylic acids is 1. The van der Waals surface area contributed by atoms with Crippen molar-refractivity contribution in [3.8, 4) is 11.1 Å². The van der Waals surface area contributed by atoms with Crippen LogP contribution in [0.1, 0.15) is 23.4 Å². The van der Waals surface area contributed by atoms with Crippen molar-refractivity contribution < 1.29 is 9.90 Å². The molecule has 1 aliphatic carbocycles. The Hall–Kier alpha value is -1.95. The van der Waals surface area contributed by atoms with Crippen molar-refractivity contribution >= 4 is 34.7 Å². The number of rotatable bonds is 2. The second-order valence-corrected chi connectivity index (χ2v) is 7.36. The van der Waals surface area contributed by atoms with Crippen LogP contribution in [0.3, 0.4) is 0 Å². The molecule has 5 nitrogen and oxygen atoms in total. The van der Waals surface area contributed by atoms with Crippen molar-refractivity contribution in [1.82, 2.24) is 14.9 Å². The van der Waals surface area contributed by atoms with Gasteiger partial charge in [-0.15, -0.1) is 0 Å². The third-order valence-corrected chi connectivity index (χ3v) is 5.87. The number of hydrogen-bond acceptors (Lipinski definition) is 4. The highest BCUT2D eigenvalue weighted by Crippen LogP contribution is 2.47. The van der Waals surface area contributed by atoms with E-state index >= 15 is 0 Å². The summed E-state index contributed by atoms with van der Waals surface area (Å²) in [6.07, 6.45) is 5.07. The van der Waals surface area contributed by atoms with E-state index < -0.39 is 6.61 Å². The van der Waals surface area contributed by atoms with Gasteiger partial charge in [-0.3, -0.25) is 4.79 Å². The molecule has 134 valence electrons. The smallest absolute Gasteiger partial charge is 0.248 e. The topological polar surface area (TPSA) is 66.3 Å². The van der Waals surface area contributed by atoms with E-state index in [1.54, 1.807) is 17.3 Å². The molecule has 1 aromatic carbocycles. The summed E-state index contributed by atoms with van der Waals surface area (Å²) in [5.74, 6) is 0.438. The van der Waals surface area contributed by atoms with Crippen molar-refractivity contribution in [2.24, 2.45) is 0 Å². The molecule has 0 saturated carbocycles. The molecule has 0 saturated heterocycles. The SMILES string of the molecule is Cc1ncc(-c2cc(Cl)c(Cl)c3c2C2=C(CCN(C(=O)CO)C2)C3)cn1. The van der Waals surface area contributed by atoms with Gasteiger partial charge in [0.25, 0.3) is 0 Å². The fraction of sp³-hybridized carbons (Fsp3) is 0.316. The van der Waals surface area contributed by atoms with Crippen LogP contribution in [-0.2, 0) is 11.2 Å². The van der Waals surface area contributed by atoms with Crippen molar-refractivity contribution in [2.45, 2.75) is 19.8 Å². The molecule has 1 amide bonds. The standard InChI is InChI=1S/C19H17Cl2N3O2/c1-10-22-6-12(7-23-10)13-5-16(20)19(21)14-4-11-2-3-24(17(26)9-25)8-15(11)18(13)14/h5-7,25H,2-4,8-9H2,1H3. The van der Waals surface area contributed by atoms with Crippen LogP contribution < -0.4 is 0 Å². The Morgan fingerprint density at radius 2 is 2.04 bits per heavy atom. The first-order valence-electron chi connectivity index (χ1n) is 8.39. The first-order valence-corrected chi connectivity index (χ1v) is 9.15. The summed E-state index contributed by atoms with van der Waals surface area (Å²) in [6, 6.07) is 1.85. The Labute approximate surface area is 161 Å². The van der Waals surface area contributed by atoms with Gasteiger partial charge in [0, 0.05) is 31.0 Å². The summed E-state index contributed by atoms with van der Waals surface area (Å²) >= 11 is 12.9. The van der Waals surface area contributed by atoms with Crippen LogP contribution in [0, 0.1) is 6.92 Å². The molecule has 0 fully saturated rings. The number of aryl methyl sites for hydroxylation is 1. The zero-order valence-electron chi connectivity index (χ0n) is 14.2. The third kappa shape index (κ3) is 2.80. The molecule has 2 heterocycles. The van der Waals surface area contributed by atoms with E-state index in [1.165, 1.54) is 5.57 Å². The summed E-state index contributed by atoms with van der Waals surface area (Å²) in [5.41, 5.74) is 6.19. The van der Waals surface area contributed by atoms with Crippen LogP contribution >= 0.6 is 23.2 Å². The molecule has 2 aliphatic rings. The Balaban J connectivity index is 1.86. The fourth-order valence-corrected chi connectivity index (χ4v) is 4.17. The van der Waals surface area contributed by atoms with Crippen LogP contribution in [0.15, 0.2) is 24.0 Å². The molecule has 0 unspecified atom stereocenters. The lowest BCUT2D eigenvalue weighted by Gasteiger charge is -2.28. The molecule has 7 heteroatoms. The number of fused-ring (bicyclic) bond motifs is 2. The quantitative estimate of drug-likeness (QED) is 0.855.